The van der Waals surface area contributed by atoms with Crippen LogP contribution in [0.25, 0.3) is 0 Å². The van der Waals surface area contributed by atoms with E-state index >= 15 is 0 Å². The summed E-state index contributed by atoms with van der Waals surface area (Å²) in [5.41, 5.74) is 3.33. The van der Waals surface area contributed by atoms with Crippen molar-refractivity contribution in [3.63, 3.8) is 0 Å². The first kappa shape index (κ1) is 20.0. The summed E-state index contributed by atoms with van der Waals surface area (Å²) in [5.74, 6) is 2.03. The van der Waals surface area contributed by atoms with Gasteiger partial charge in [0, 0.05) is 6.07 Å². The van der Waals surface area contributed by atoms with E-state index < -0.39 is 0 Å². The number of methoxy groups -OCH3 is 2. The predicted molar refractivity (Wildman–Crippen MR) is 112 cm³/mol. The minimum absolute atomic E-state index is 0.0950. The second kappa shape index (κ2) is 9.43. The topological polar surface area (TPSA) is 42.5 Å². The van der Waals surface area contributed by atoms with Crippen molar-refractivity contribution >= 4 is 23.0 Å². The highest BCUT2D eigenvalue weighted by molar-refractivity contribution is 7.80. The number of rotatable bonds is 7. The van der Waals surface area contributed by atoms with Crippen LogP contribution in [0.15, 0.2) is 42.5 Å². The zero-order chi connectivity index (χ0) is 19.1. The molecule has 2 aromatic carbocycles. The Morgan fingerprint density at radius 1 is 1.00 bits per heavy atom. The zero-order valence-corrected chi connectivity index (χ0v) is 16.9. The molecule has 0 saturated carbocycles. The molecule has 0 heterocycles. The van der Waals surface area contributed by atoms with Crippen LogP contribution in [0.5, 0.6) is 11.5 Å². The van der Waals surface area contributed by atoms with Crippen LogP contribution in [0.2, 0.25) is 0 Å². The van der Waals surface area contributed by atoms with E-state index in [0.29, 0.717) is 16.8 Å². The van der Waals surface area contributed by atoms with Crippen molar-refractivity contribution in [2.45, 2.75) is 39.2 Å². The molecule has 2 rings (SSSR count). The van der Waals surface area contributed by atoms with Gasteiger partial charge in [-0.3, -0.25) is 0 Å². The van der Waals surface area contributed by atoms with Gasteiger partial charge < -0.3 is 20.1 Å². The molecule has 2 atom stereocenters. The van der Waals surface area contributed by atoms with Gasteiger partial charge in [-0.25, -0.2) is 0 Å². The Morgan fingerprint density at radius 3 is 2.23 bits per heavy atom. The van der Waals surface area contributed by atoms with E-state index in [-0.39, 0.29) is 6.04 Å². The smallest absolute Gasteiger partial charge is 0.171 e. The first-order valence-corrected chi connectivity index (χ1v) is 9.28. The van der Waals surface area contributed by atoms with Gasteiger partial charge in [-0.15, -0.1) is 0 Å². The lowest BCUT2D eigenvalue weighted by Crippen LogP contribution is -2.31. The first-order valence-electron chi connectivity index (χ1n) is 8.87. The maximum atomic E-state index is 5.47. The van der Waals surface area contributed by atoms with E-state index in [0.717, 1.165) is 17.9 Å². The highest BCUT2D eigenvalue weighted by Crippen LogP contribution is 2.29. The molecule has 0 radical (unpaired) electrons. The molecular weight excluding hydrogens is 344 g/mol. The van der Waals surface area contributed by atoms with Gasteiger partial charge in [-0.1, -0.05) is 38.1 Å². The summed E-state index contributed by atoms with van der Waals surface area (Å²) in [7, 11) is 3.26. The van der Waals surface area contributed by atoms with Gasteiger partial charge in [-0.2, -0.15) is 0 Å². The van der Waals surface area contributed by atoms with Crippen LogP contribution in [0.4, 0.5) is 5.69 Å². The molecule has 0 spiro atoms. The molecule has 140 valence electrons. The quantitative estimate of drug-likeness (QED) is 0.649. The maximum absolute atomic E-state index is 5.47. The molecule has 2 N–H and O–H groups in total. The summed E-state index contributed by atoms with van der Waals surface area (Å²) in [6.45, 7) is 6.55. The van der Waals surface area contributed by atoms with Crippen LogP contribution in [0.1, 0.15) is 50.3 Å². The van der Waals surface area contributed by atoms with Crippen LogP contribution in [0, 0.1) is 0 Å². The van der Waals surface area contributed by atoms with Crippen molar-refractivity contribution < 1.29 is 9.47 Å². The molecule has 0 bridgehead atoms. The van der Waals surface area contributed by atoms with Crippen molar-refractivity contribution in [3.8, 4) is 11.5 Å². The fraction of sp³-hybridized carbons (Fsp3) is 0.381. The Balaban J connectivity index is 2.03. The molecule has 0 aliphatic rings. The van der Waals surface area contributed by atoms with Gasteiger partial charge in [0.05, 0.1) is 25.9 Å². The largest absolute Gasteiger partial charge is 0.497 e. The highest BCUT2D eigenvalue weighted by atomic mass is 32.1. The molecular formula is C21H28N2O2S. The third-order valence-electron chi connectivity index (χ3n) is 4.62. The summed E-state index contributed by atoms with van der Waals surface area (Å²) in [5, 5.41) is 7.05. The van der Waals surface area contributed by atoms with Crippen LogP contribution < -0.4 is 20.1 Å². The standard InChI is InChI=1S/C21H28N2O2S/c1-6-14(2)16-7-9-17(10-8-16)15(3)22-21(26)23-19-13-18(24-4)11-12-20(19)25-5/h7-15H,6H2,1-5H3,(H2,22,23,26). The van der Waals surface area contributed by atoms with Gasteiger partial charge in [0.15, 0.2) is 5.11 Å². The fourth-order valence-corrected chi connectivity index (χ4v) is 2.99. The van der Waals surface area contributed by atoms with Crippen molar-refractivity contribution in [2.24, 2.45) is 0 Å². The van der Waals surface area contributed by atoms with Crippen LogP contribution in [-0.2, 0) is 0 Å². The Hall–Kier alpha value is -2.27. The summed E-state index contributed by atoms with van der Waals surface area (Å²) in [6.07, 6.45) is 1.14. The predicted octanol–water partition coefficient (Wildman–Crippen LogP) is 5.26. The third-order valence-corrected chi connectivity index (χ3v) is 4.84. The van der Waals surface area contributed by atoms with Gasteiger partial charge in [0.25, 0.3) is 0 Å². The summed E-state index contributed by atoms with van der Waals surface area (Å²) >= 11 is 5.47. The Labute approximate surface area is 161 Å². The van der Waals surface area contributed by atoms with E-state index in [1.165, 1.54) is 11.1 Å². The van der Waals surface area contributed by atoms with Crippen LogP contribution in [0.3, 0.4) is 0 Å². The molecule has 0 amide bonds. The summed E-state index contributed by atoms with van der Waals surface area (Å²) in [4.78, 5) is 0. The molecule has 2 aromatic rings. The molecule has 0 aliphatic heterocycles. The van der Waals surface area contributed by atoms with Crippen molar-refractivity contribution in [1.29, 1.82) is 0 Å². The minimum atomic E-state index is 0.0950. The maximum Gasteiger partial charge on any atom is 0.171 e. The number of nitrogens with one attached hydrogen (secondary N) is 2. The second-order valence-electron chi connectivity index (χ2n) is 6.36. The average molecular weight is 373 g/mol. The van der Waals surface area contributed by atoms with Gasteiger partial charge in [0.1, 0.15) is 11.5 Å². The number of anilines is 1. The van der Waals surface area contributed by atoms with E-state index in [2.05, 4.69) is 55.7 Å². The molecule has 4 nitrogen and oxygen atoms in total. The van der Waals surface area contributed by atoms with Gasteiger partial charge >= 0.3 is 0 Å². The SMILES string of the molecule is CCC(C)c1ccc(C(C)NC(=S)Nc2cc(OC)ccc2OC)cc1. The molecule has 0 aliphatic carbocycles. The lowest BCUT2D eigenvalue weighted by atomic mass is 9.96. The fourth-order valence-electron chi connectivity index (χ4n) is 2.70. The Bertz CT molecular complexity index is 731. The Kier molecular flexibility index (Phi) is 7.27. The molecule has 5 heteroatoms. The molecule has 26 heavy (non-hydrogen) atoms. The molecule has 0 aromatic heterocycles. The van der Waals surface area contributed by atoms with E-state index in [9.17, 15) is 0 Å². The first-order chi connectivity index (χ1) is 12.5. The monoisotopic (exact) mass is 372 g/mol. The number of hydrogen-bond acceptors (Lipinski definition) is 3. The molecule has 0 fully saturated rings. The average Bonchev–Trinajstić information content (AvgIpc) is 2.67. The summed E-state index contributed by atoms with van der Waals surface area (Å²) in [6, 6.07) is 14.4. The number of thiocarbonyl (C=S) groups is 1. The van der Waals surface area contributed by atoms with E-state index in [1.54, 1.807) is 14.2 Å². The van der Waals surface area contributed by atoms with Gasteiger partial charge in [0.2, 0.25) is 0 Å². The van der Waals surface area contributed by atoms with Crippen molar-refractivity contribution in [1.82, 2.24) is 5.32 Å². The normalized spacial score (nSPS) is 12.8. The van der Waals surface area contributed by atoms with E-state index in [1.807, 2.05) is 18.2 Å². The number of hydrogen-bond donors (Lipinski definition) is 2. The van der Waals surface area contributed by atoms with Crippen LogP contribution in [-0.4, -0.2) is 19.3 Å². The van der Waals surface area contributed by atoms with Crippen molar-refractivity contribution in [2.75, 3.05) is 19.5 Å². The molecule has 0 saturated heterocycles. The Morgan fingerprint density at radius 2 is 1.65 bits per heavy atom. The van der Waals surface area contributed by atoms with E-state index in [4.69, 9.17) is 21.7 Å². The highest BCUT2D eigenvalue weighted by Gasteiger charge is 2.11. The van der Waals surface area contributed by atoms with Crippen molar-refractivity contribution in [3.05, 3.63) is 53.6 Å². The van der Waals surface area contributed by atoms with Gasteiger partial charge in [-0.05, 0) is 54.7 Å². The lowest BCUT2D eigenvalue weighted by molar-refractivity contribution is 0.405. The molecule has 2 unspecified atom stereocenters. The minimum Gasteiger partial charge on any atom is -0.497 e. The third kappa shape index (κ3) is 5.11. The number of benzene rings is 2. The lowest BCUT2D eigenvalue weighted by Gasteiger charge is -2.19. The zero-order valence-electron chi connectivity index (χ0n) is 16.1. The second-order valence-corrected chi connectivity index (χ2v) is 6.77. The summed E-state index contributed by atoms with van der Waals surface area (Å²) < 4.78 is 10.6. The van der Waals surface area contributed by atoms with Crippen LogP contribution >= 0.6 is 12.2 Å². The number of ether oxygens (including phenoxy) is 2.